The second kappa shape index (κ2) is 5.27. The van der Waals surface area contributed by atoms with Crippen molar-refractivity contribution in [3.63, 3.8) is 0 Å². The van der Waals surface area contributed by atoms with E-state index in [1.165, 1.54) is 12.4 Å². The van der Waals surface area contributed by atoms with Gasteiger partial charge in [0, 0.05) is 11.8 Å². The van der Waals surface area contributed by atoms with E-state index in [0.717, 1.165) is 5.69 Å². The van der Waals surface area contributed by atoms with Gasteiger partial charge in [-0.3, -0.25) is 4.98 Å². The molecule has 92 valence electrons. The summed E-state index contributed by atoms with van der Waals surface area (Å²) in [5.41, 5.74) is 1.97. The molecule has 2 rings (SSSR count). The first-order valence-electron chi connectivity index (χ1n) is 5.17. The molecule has 0 saturated heterocycles. The number of hydrogen-bond acceptors (Lipinski definition) is 3. The lowest BCUT2D eigenvalue weighted by molar-refractivity contribution is 0.0566. The maximum Gasteiger partial charge on any atom is 0.333 e. The molecule has 0 fully saturated rings. The highest BCUT2D eigenvalue weighted by Gasteiger charge is 2.06. The zero-order chi connectivity index (χ0) is 13.0. The van der Waals surface area contributed by atoms with Crippen LogP contribution in [0.4, 0.5) is 14.5 Å². The van der Waals surface area contributed by atoms with Crippen LogP contribution in [0.25, 0.3) is 0 Å². The Bertz CT molecular complexity index is 554. The van der Waals surface area contributed by atoms with Gasteiger partial charge in [-0.1, -0.05) is 5.92 Å². The average molecular weight is 248 g/mol. The smallest absolute Gasteiger partial charge is 0.333 e. The fourth-order valence-corrected chi connectivity index (χ4v) is 1.34. The molecule has 1 N–H and O–H groups in total. The lowest BCUT2D eigenvalue weighted by Crippen LogP contribution is -2.01. The van der Waals surface area contributed by atoms with Crippen LogP contribution in [0, 0.1) is 12.3 Å². The number of halogens is 2. The van der Waals surface area contributed by atoms with Gasteiger partial charge in [-0.05, 0) is 12.1 Å². The van der Waals surface area contributed by atoms with Crippen LogP contribution in [0.1, 0.15) is 17.8 Å². The van der Waals surface area contributed by atoms with Crippen molar-refractivity contribution in [2.45, 2.75) is 13.1 Å². The summed E-state index contributed by atoms with van der Waals surface area (Å²) in [5, 5.41) is 6.46. The monoisotopic (exact) mass is 248 g/mol. The molecular weight excluding hydrogens is 238 g/mol. The van der Waals surface area contributed by atoms with E-state index < -0.39 is 6.55 Å². The summed E-state index contributed by atoms with van der Waals surface area (Å²) in [6, 6.07) is 3.55. The van der Waals surface area contributed by atoms with Gasteiger partial charge in [0.2, 0.25) is 0 Å². The molecule has 2 aromatic heterocycles. The SMILES string of the molecule is C#Cc1ccc(CNc2cnn(C(F)F)c2)nc1. The van der Waals surface area contributed by atoms with Gasteiger partial charge in [-0.15, -0.1) is 6.42 Å². The molecule has 0 radical (unpaired) electrons. The highest BCUT2D eigenvalue weighted by atomic mass is 19.3. The Morgan fingerprint density at radius 2 is 2.22 bits per heavy atom. The standard InChI is InChI=1S/C12H10F2N4/c1-2-9-3-4-10(15-5-9)6-16-11-7-17-18(8-11)12(13)14/h1,3-5,7-8,12,16H,6H2. The minimum Gasteiger partial charge on any atom is -0.377 e. The molecule has 0 bridgehead atoms. The number of aromatic nitrogens is 3. The maximum atomic E-state index is 12.3. The van der Waals surface area contributed by atoms with E-state index in [0.29, 0.717) is 22.5 Å². The molecule has 0 amide bonds. The van der Waals surface area contributed by atoms with Gasteiger partial charge in [-0.2, -0.15) is 13.9 Å². The van der Waals surface area contributed by atoms with Gasteiger partial charge in [0.05, 0.1) is 30.3 Å². The lowest BCUT2D eigenvalue weighted by Gasteiger charge is -2.02. The summed E-state index contributed by atoms with van der Waals surface area (Å²) < 4.78 is 25.1. The van der Waals surface area contributed by atoms with Gasteiger partial charge < -0.3 is 5.32 Å². The van der Waals surface area contributed by atoms with E-state index in [-0.39, 0.29) is 0 Å². The molecule has 2 aromatic rings. The molecule has 0 aliphatic rings. The van der Waals surface area contributed by atoms with Crippen molar-refractivity contribution in [3.05, 3.63) is 42.0 Å². The predicted octanol–water partition coefficient (Wildman–Crippen LogP) is 2.27. The normalized spacial score (nSPS) is 10.3. The first kappa shape index (κ1) is 12.0. The topological polar surface area (TPSA) is 42.7 Å². The summed E-state index contributed by atoms with van der Waals surface area (Å²) in [5.74, 6) is 2.46. The number of terminal acetylenes is 1. The molecule has 0 aliphatic carbocycles. The van der Waals surface area contributed by atoms with Crippen LogP contribution in [-0.2, 0) is 6.54 Å². The zero-order valence-corrected chi connectivity index (χ0v) is 9.35. The predicted molar refractivity (Wildman–Crippen MR) is 63.0 cm³/mol. The van der Waals surface area contributed by atoms with E-state index in [2.05, 4.69) is 21.3 Å². The summed E-state index contributed by atoms with van der Waals surface area (Å²) in [6.07, 6.45) is 9.36. The molecule has 18 heavy (non-hydrogen) atoms. The van der Waals surface area contributed by atoms with Crippen molar-refractivity contribution < 1.29 is 8.78 Å². The molecular formula is C12H10F2N4. The number of nitrogens with one attached hydrogen (secondary N) is 1. The van der Waals surface area contributed by atoms with E-state index >= 15 is 0 Å². The Morgan fingerprint density at radius 1 is 1.39 bits per heavy atom. The minimum absolute atomic E-state index is 0.416. The Hall–Kier alpha value is -2.42. The van der Waals surface area contributed by atoms with Crippen LogP contribution in [0.15, 0.2) is 30.7 Å². The molecule has 0 aliphatic heterocycles. The lowest BCUT2D eigenvalue weighted by atomic mass is 10.2. The molecule has 4 nitrogen and oxygen atoms in total. The van der Waals surface area contributed by atoms with E-state index in [1.54, 1.807) is 18.3 Å². The minimum atomic E-state index is -2.63. The average Bonchev–Trinajstić information content (AvgIpc) is 2.86. The summed E-state index contributed by atoms with van der Waals surface area (Å²) >= 11 is 0. The molecule has 0 atom stereocenters. The molecule has 0 aromatic carbocycles. The zero-order valence-electron chi connectivity index (χ0n) is 9.35. The Balaban J connectivity index is 1.96. The Labute approximate surface area is 103 Å². The molecule has 0 unspecified atom stereocenters. The van der Waals surface area contributed by atoms with Crippen LogP contribution in [0.3, 0.4) is 0 Å². The number of rotatable bonds is 4. The highest BCUT2D eigenvalue weighted by Crippen LogP contribution is 2.13. The van der Waals surface area contributed by atoms with E-state index in [1.807, 2.05) is 0 Å². The number of pyridine rings is 1. The summed E-state index contributed by atoms with van der Waals surface area (Å²) in [4.78, 5) is 4.13. The van der Waals surface area contributed by atoms with Crippen molar-refractivity contribution >= 4 is 5.69 Å². The van der Waals surface area contributed by atoms with Crippen molar-refractivity contribution in [2.75, 3.05) is 5.32 Å². The Morgan fingerprint density at radius 3 is 2.78 bits per heavy atom. The molecule has 6 heteroatoms. The van der Waals surface area contributed by atoms with Crippen molar-refractivity contribution in [1.29, 1.82) is 0 Å². The van der Waals surface area contributed by atoms with Gasteiger partial charge in [-0.25, -0.2) is 4.68 Å². The van der Waals surface area contributed by atoms with Crippen LogP contribution >= 0.6 is 0 Å². The van der Waals surface area contributed by atoms with Crippen LogP contribution in [0.5, 0.6) is 0 Å². The largest absolute Gasteiger partial charge is 0.377 e. The van der Waals surface area contributed by atoms with Crippen LogP contribution in [0.2, 0.25) is 0 Å². The third kappa shape index (κ3) is 2.83. The fourth-order valence-electron chi connectivity index (χ4n) is 1.34. The van der Waals surface area contributed by atoms with Crippen molar-refractivity contribution in [1.82, 2.24) is 14.8 Å². The van der Waals surface area contributed by atoms with Crippen molar-refractivity contribution in [2.24, 2.45) is 0 Å². The fraction of sp³-hybridized carbons (Fsp3) is 0.167. The van der Waals surface area contributed by atoms with Gasteiger partial charge in [0.15, 0.2) is 0 Å². The third-order valence-electron chi connectivity index (χ3n) is 2.27. The molecule has 0 spiro atoms. The van der Waals surface area contributed by atoms with Gasteiger partial charge >= 0.3 is 6.55 Å². The first-order valence-corrected chi connectivity index (χ1v) is 5.17. The van der Waals surface area contributed by atoms with Crippen LogP contribution < -0.4 is 5.32 Å². The molecule has 2 heterocycles. The summed E-state index contributed by atoms with van der Waals surface area (Å²) in [7, 11) is 0. The number of anilines is 1. The third-order valence-corrected chi connectivity index (χ3v) is 2.27. The molecule has 0 saturated carbocycles. The Kier molecular flexibility index (Phi) is 3.53. The quantitative estimate of drug-likeness (QED) is 0.844. The maximum absolute atomic E-state index is 12.3. The van der Waals surface area contributed by atoms with Crippen LogP contribution in [-0.4, -0.2) is 14.8 Å². The first-order chi connectivity index (χ1) is 8.69. The summed E-state index contributed by atoms with van der Waals surface area (Å²) in [6.45, 7) is -2.21. The second-order valence-corrected chi connectivity index (χ2v) is 3.52. The van der Waals surface area contributed by atoms with Gasteiger partial charge in [0.1, 0.15) is 0 Å². The van der Waals surface area contributed by atoms with E-state index in [4.69, 9.17) is 6.42 Å². The number of alkyl halides is 2. The van der Waals surface area contributed by atoms with Crippen molar-refractivity contribution in [3.8, 4) is 12.3 Å². The van der Waals surface area contributed by atoms with Gasteiger partial charge in [0.25, 0.3) is 0 Å². The highest BCUT2D eigenvalue weighted by molar-refractivity contribution is 5.39. The second-order valence-electron chi connectivity index (χ2n) is 3.52. The number of hydrogen-bond donors (Lipinski definition) is 1. The number of nitrogens with zero attached hydrogens (tertiary/aromatic N) is 3. The van der Waals surface area contributed by atoms with E-state index in [9.17, 15) is 8.78 Å².